The molecule has 14 nitrogen and oxygen atoms in total. The molecule has 0 radical (unpaired) electrons. The molecule has 2 aliphatic heterocycles. The van der Waals surface area contributed by atoms with Crippen LogP contribution in [-0.4, -0.2) is 89.2 Å². The van der Waals surface area contributed by atoms with Gasteiger partial charge in [0, 0.05) is 62.8 Å². The van der Waals surface area contributed by atoms with Crippen molar-refractivity contribution >= 4 is 45.9 Å². The Kier molecular flexibility index (Phi) is 13.1. The second-order valence-electron chi connectivity index (χ2n) is 14.8. The van der Waals surface area contributed by atoms with E-state index in [4.69, 9.17) is 9.47 Å². The number of piperidine rings is 1. The molecule has 2 N–H and O–H groups in total. The van der Waals surface area contributed by atoms with E-state index in [1.54, 1.807) is 62.6 Å². The lowest BCUT2D eigenvalue weighted by Crippen LogP contribution is -2.54. The fraction of sp³-hybridized carbons (Fsp3) is 0.419. The van der Waals surface area contributed by atoms with Gasteiger partial charge in [0.25, 0.3) is 17.4 Å². The number of ether oxygens (including phenoxy) is 2. The van der Waals surface area contributed by atoms with E-state index in [1.165, 1.54) is 0 Å². The van der Waals surface area contributed by atoms with E-state index in [9.17, 15) is 28.8 Å². The third-order valence-electron chi connectivity index (χ3n) is 10.7. The number of ketones is 1. The summed E-state index contributed by atoms with van der Waals surface area (Å²) in [7, 11) is 6.84. The number of carbonyl (C=O) groups excluding carboxylic acids is 5. The third-order valence-corrected chi connectivity index (χ3v) is 10.7. The number of likely N-dealkylation sites (N-methyl/N-ethyl adjacent to an activating group) is 1. The number of Topliss-reactive ketones (excluding diaryl/α,β-unsaturated/α-hetero) is 1. The Morgan fingerprint density at radius 3 is 2.32 bits per heavy atom. The molecule has 300 valence electrons. The predicted octanol–water partition coefficient (Wildman–Crippen LogP) is 5.25. The van der Waals surface area contributed by atoms with Crippen molar-refractivity contribution in [3.63, 3.8) is 0 Å². The molecule has 57 heavy (non-hydrogen) atoms. The van der Waals surface area contributed by atoms with Gasteiger partial charge in [0.2, 0.25) is 11.8 Å². The predicted molar refractivity (Wildman–Crippen MR) is 215 cm³/mol. The zero-order valence-electron chi connectivity index (χ0n) is 33.0. The van der Waals surface area contributed by atoms with E-state index >= 15 is 0 Å². The van der Waals surface area contributed by atoms with Crippen LogP contribution in [0.5, 0.6) is 11.5 Å². The molecule has 2 aromatic heterocycles. The molecule has 1 saturated heterocycles. The van der Waals surface area contributed by atoms with Gasteiger partial charge in [-0.2, -0.15) is 0 Å². The first-order valence-electron chi connectivity index (χ1n) is 19.5. The van der Waals surface area contributed by atoms with E-state index in [-0.39, 0.29) is 35.3 Å². The Morgan fingerprint density at radius 2 is 1.61 bits per heavy atom. The maximum atomic E-state index is 13.3. The number of imide groups is 2. The Bertz CT molecular complexity index is 2230. The highest BCUT2D eigenvalue weighted by Gasteiger charge is 2.45. The van der Waals surface area contributed by atoms with E-state index in [1.807, 2.05) is 30.1 Å². The lowest BCUT2D eigenvalue weighted by Gasteiger charge is -2.27. The molecular weight excluding hydrogens is 729 g/mol. The van der Waals surface area contributed by atoms with E-state index in [0.717, 1.165) is 71.9 Å². The summed E-state index contributed by atoms with van der Waals surface area (Å²) < 4.78 is 13.2. The number of anilines is 1. The first-order valence-corrected chi connectivity index (χ1v) is 19.5. The average molecular weight is 779 g/mol. The molecule has 6 rings (SSSR count). The van der Waals surface area contributed by atoms with Gasteiger partial charge in [-0.15, -0.1) is 0 Å². The Hall–Kier alpha value is -5.89. The molecule has 1 unspecified atom stereocenters. The summed E-state index contributed by atoms with van der Waals surface area (Å²) in [4.78, 5) is 83.0. The van der Waals surface area contributed by atoms with E-state index in [0.29, 0.717) is 48.6 Å². The Balaban J connectivity index is 0.901. The van der Waals surface area contributed by atoms with Crippen LogP contribution in [0.15, 0.2) is 59.8 Å². The molecule has 2 aromatic carbocycles. The number of unbranched alkanes of at least 4 members (excludes halogenated alkanes) is 6. The van der Waals surface area contributed by atoms with Crippen LogP contribution in [0.25, 0.3) is 21.9 Å². The van der Waals surface area contributed by atoms with Crippen molar-refractivity contribution in [2.75, 3.05) is 39.7 Å². The molecule has 0 spiro atoms. The van der Waals surface area contributed by atoms with Gasteiger partial charge in [-0.05, 0) is 67.6 Å². The van der Waals surface area contributed by atoms with Crippen LogP contribution in [0.4, 0.5) is 5.69 Å². The van der Waals surface area contributed by atoms with Crippen LogP contribution in [0, 0.1) is 0 Å². The highest BCUT2D eigenvalue weighted by molar-refractivity contribution is 6.25. The van der Waals surface area contributed by atoms with Crippen molar-refractivity contribution < 1.29 is 33.4 Å². The van der Waals surface area contributed by atoms with Crippen LogP contribution in [0.2, 0.25) is 0 Å². The molecule has 0 saturated carbocycles. The van der Waals surface area contributed by atoms with Crippen LogP contribution in [0.1, 0.15) is 90.5 Å². The first-order chi connectivity index (χ1) is 27.5. The van der Waals surface area contributed by atoms with Gasteiger partial charge in [0.15, 0.2) is 0 Å². The summed E-state index contributed by atoms with van der Waals surface area (Å²) in [5.74, 6) is -0.629. The number of nitrogens with one attached hydrogen (secondary N) is 2. The largest absolute Gasteiger partial charge is 0.496 e. The number of carbonyl (C=O) groups is 5. The second kappa shape index (κ2) is 18.4. The molecule has 4 amide bonds. The number of hydrogen-bond acceptors (Lipinski definition) is 11. The van der Waals surface area contributed by atoms with E-state index in [2.05, 4.69) is 15.6 Å². The van der Waals surface area contributed by atoms with Gasteiger partial charge >= 0.3 is 0 Å². The maximum absolute atomic E-state index is 13.3. The lowest BCUT2D eigenvalue weighted by molar-refractivity contribution is -0.136. The maximum Gasteiger partial charge on any atom is 0.264 e. The SMILES string of the molecule is COc1cc(-c2cn(C)c(=O)c3cnccc23)cc(OC)c1CN(C)CC(=O)CCCCCCCCCNc1cccc2c1C(=O)N(C1CCC(=O)NC1=O)C2=O. The smallest absolute Gasteiger partial charge is 0.264 e. The molecule has 2 aliphatic rings. The van der Waals surface area contributed by atoms with Crippen molar-refractivity contribution in [2.45, 2.75) is 76.8 Å². The topological polar surface area (TPSA) is 169 Å². The zero-order chi connectivity index (χ0) is 40.6. The summed E-state index contributed by atoms with van der Waals surface area (Å²) in [6.45, 7) is 1.39. The molecule has 0 bridgehead atoms. The number of amides is 4. The van der Waals surface area contributed by atoms with Gasteiger partial charge in [-0.25, -0.2) is 0 Å². The van der Waals surface area contributed by atoms with Crippen molar-refractivity contribution in [3.05, 3.63) is 82.0 Å². The monoisotopic (exact) mass is 778 g/mol. The number of pyridine rings is 2. The van der Waals surface area contributed by atoms with Crippen molar-refractivity contribution in [1.82, 2.24) is 24.7 Å². The zero-order valence-corrected chi connectivity index (χ0v) is 33.0. The average Bonchev–Trinajstić information content (AvgIpc) is 3.45. The number of rotatable bonds is 19. The number of benzene rings is 2. The third kappa shape index (κ3) is 9.07. The van der Waals surface area contributed by atoms with Crippen LogP contribution in [0.3, 0.4) is 0 Å². The summed E-state index contributed by atoms with van der Waals surface area (Å²) in [5, 5.41) is 6.84. The van der Waals surface area contributed by atoms with Gasteiger partial charge < -0.3 is 19.4 Å². The minimum atomic E-state index is -0.992. The van der Waals surface area contributed by atoms with Crippen LogP contribution in [-0.2, 0) is 28.0 Å². The second-order valence-corrected chi connectivity index (χ2v) is 14.8. The fourth-order valence-electron chi connectivity index (χ4n) is 7.76. The minimum absolute atomic E-state index is 0.0779. The van der Waals surface area contributed by atoms with Gasteiger partial charge in [-0.3, -0.25) is 48.9 Å². The summed E-state index contributed by atoms with van der Waals surface area (Å²) in [6.07, 6.45) is 12.6. The number of nitrogens with zero attached hydrogens (tertiary/aromatic N) is 4. The number of methoxy groups -OCH3 is 2. The molecule has 1 atom stereocenters. The minimum Gasteiger partial charge on any atom is -0.496 e. The van der Waals surface area contributed by atoms with Crippen molar-refractivity contribution in [2.24, 2.45) is 7.05 Å². The van der Waals surface area contributed by atoms with Gasteiger partial charge in [-0.1, -0.05) is 38.2 Å². The Labute approximate surface area is 331 Å². The molecule has 1 fully saturated rings. The first kappa shape index (κ1) is 40.8. The Morgan fingerprint density at radius 1 is 0.912 bits per heavy atom. The summed E-state index contributed by atoms with van der Waals surface area (Å²) in [6, 6.07) is 9.78. The van der Waals surface area contributed by atoms with Crippen molar-refractivity contribution in [3.8, 4) is 22.6 Å². The quantitative estimate of drug-likeness (QED) is 0.0942. The highest BCUT2D eigenvalue weighted by Crippen LogP contribution is 2.38. The summed E-state index contributed by atoms with van der Waals surface area (Å²) in [5.41, 5.74) is 3.50. The van der Waals surface area contributed by atoms with E-state index < -0.39 is 29.7 Å². The standard InChI is InChI=1S/C43H50N6O8/c1-47(25-33-36(56-3)21-27(22-37(33)57-4)32-26-48(2)41(53)31-23-44-20-18-29(31)32)24-28(50)13-10-8-6-5-7-9-11-19-45-34-15-12-14-30-39(34)43(55)49(42(30)54)35-16-17-38(51)46-40(35)52/h12,14-15,18,20-23,26,35,45H,5-11,13,16-17,19,24-25H2,1-4H3,(H,46,51,52). The fourth-order valence-corrected chi connectivity index (χ4v) is 7.76. The molecular formula is C43H50N6O8. The molecule has 4 heterocycles. The lowest BCUT2D eigenvalue weighted by atomic mass is 9.99. The highest BCUT2D eigenvalue weighted by atomic mass is 16.5. The number of fused-ring (bicyclic) bond motifs is 2. The molecule has 4 aromatic rings. The molecule has 0 aliphatic carbocycles. The normalized spacial score (nSPS) is 15.3. The van der Waals surface area contributed by atoms with Crippen molar-refractivity contribution in [1.29, 1.82) is 0 Å². The number of aryl methyl sites for hydroxylation is 1. The number of aromatic nitrogens is 2. The number of hydrogen-bond donors (Lipinski definition) is 2. The van der Waals surface area contributed by atoms with Crippen LogP contribution < -0.4 is 25.7 Å². The molecule has 14 heteroatoms. The summed E-state index contributed by atoms with van der Waals surface area (Å²) >= 11 is 0. The van der Waals surface area contributed by atoms with Gasteiger partial charge in [0.1, 0.15) is 23.3 Å². The van der Waals surface area contributed by atoms with Crippen LogP contribution >= 0.6 is 0 Å². The van der Waals surface area contributed by atoms with Gasteiger partial charge in [0.05, 0.1) is 42.8 Å².